The quantitative estimate of drug-likeness (QED) is 0.778. The van der Waals surface area contributed by atoms with E-state index in [0.717, 1.165) is 16.8 Å². The molecule has 1 aromatic heterocycles. The van der Waals surface area contributed by atoms with Crippen LogP contribution in [0.1, 0.15) is 12.5 Å². The average Bonchev–Trinajstić information content (AvgIpc) is 3.12. The maximum atomic E-state index is 12.2. The first kappa shape index (κ1) is 15.7. The van der Waals surface area contributed by atoms with Crippen molar-refractivity contribution in [1.29, 1.82) is 0 Å². The molecule has 6 nitrogen and oxygen atoms in total. The van der Waals surface area contributed by atoms with Crippen LogP contribution in [-0.2, 0) is 4.79 Å². The third-order valence-corrected chi connectivity index (χ3v) is 3.46. The van der Waals surface area contributed by atoms with Crippen LogP contribution in [0.3, 0.4) is 0 Å². The highest BCUT2D eigenvalue weighted by atomic mass is 16.5. The number of rotatable bonds is 5. The molecule has 1 N–H and O–H groups in total. The van der Waals surface area contributed by atoms with Gasteiger partial charge in [0.25, 0.3) is 5.91 Å². The van der Waals surface area contributed by atoms with E-state index in [1.165, 1.54) is 6.39 Å². The highest BCUT2D eigenvalue weighted by Gasteiger charge is 2.15. The number of hydrogen-bond acceptors (Lipinski definition) is 5. The number of aryl methyl sites for hydroxylation is 1. The SMILES string of the molecule is Cc1ccc(NC(=O)[C@@H](C)Oc2ccc(-c3nnco3)cc2)cc1. The summed E-state index contributed by atoms with van der Waals surface area (Å²) in [6, 6.07) is 14.7. The van der Waals surface area contributed by atoms with Crippen molar-refractivity contribution in [2.24, 2.45) is 0 Å². The number of carbonyl (C=O) groups excluding carboxylic acids is 1. The van der Waals surface area contributed by atoms with E-state index >= 15 is 0 Å². The van der Waals surface area contributed by atoms with Crippen LogP contribution in [-0.4, -0.2) is 22.2 Å². The lowest BCUT2D eigenvalue weighted by atomic mass is 10.2. The summed E-state index contributed by atoms with van der Waals surface area (Å²) in [7, 11) is 0. The van der Waals surface area contributed by atoms with E-state index in [9.17, 15) is 4.79 Å². The summed E-state index contributed by atoms with van der Waals surface area (Å²) >= 11 is 0. The number of amides is 1. The van der Waals surface area contributed by atoms with Gasteiger partial charge in [-0.1, -0.05) is 17.7 Å². The van der Waals surface area contributed by atoms with Crippen molar-refractivity contribution in [3.05, 3.63) is 60.5 Å². The van der Waals surface area contributed by atoms with E-state index in [-0.39, 0.29) is 5.91 Å². The van der Waals surface area contributed by atoms with Crippen LogP contribution in [0.4, 0.5) is 5.69 Å². The summed E-state index contributed by atoms with van der Waals surface area (Å²) in [6.45, 7) is 3.70. The number of aromatic nitrogens is 2. The first-order valence-electron chi connectivity index (χ1n) is 7.52. The number of ether oxygens (including phenoxy) is 1. The minimum atomic E-state index is -0.624. The zero-order valence-electron chi connectivity index (χ0n) is 13.4. The predicted octanol–water partition coefficient (Wildman–Crippen LogP) is 3.45. The highest BCUT2D eigenvalue weighted by Crippen LogP contribution is 2.21. The Morgan fingerprint density at radius 3 is 2.46 bits per heavy atom. The van der Waals surface area contributed by atoms with Crippen LogP contribution < -0.4 is 10.1 Å². The van der Waals surface area contributed by atoms with Crippen molar-refractivity contribution in [3.8, 4) is 17.2 Å². The lowest BCUT2D eigenvalue weighted by Crippen LogP contribution is -2.30. The van der Waals surface area contributed by atoms with Gasteiger partial charge in [0.2, 0.25) is 12.3 Å². The van der Waals surface area contributed by atoms with Gasteiger partial charge < -0.3 is 14.5 Å². The van der Waals surface area contributed by atoms with Gasteiger partial charge in [-0.3, -0.25) is 4.79 Å². The molecule has 1 atom stereocenters. The maximum absolute atomic E-state index is 12.2. The summed E-state index contributed by atoms with van der Waals surface area (Å²) in [4.78, 5) is 12.2. The van der Waals surface area contributed by atoms with Crippen molar-refractivity contribution >= 4 is 11.6 Å². The second-order valence-corrected chi connectivity index (χ2v) is 5.38. The molecule has 122 valence electrons. The third-order valence-electron chi connectivity index (χ3n) is 3.46. The molecule has 0 aliphatic carbocycles. The maximum Gasteiger partial charge on any atom is 0.265 e. The minimum Gasteiger partial charge on any atom is -0.481 e. The number of carbonyl (C=O) groups is 1. The fourth-order valence-electron chi connectivity index (χ4n) is 2.11. The largest absolute Gasteiger partial charge is 0.481 e. The summed E-state index contributed by atoms with van der Waals surface area (Å²) < 4.78 is 10.8. The van der Waals surface area contributed by atoms with Gasteiger partial charge in [0.15, 0.2) is 6.10 Å². The average molecular weight is 323 g/mol. The molecule has 6 heteroatoms. The lowest BCUT2D eigenvalue weighted by Gasteiger charge is -2.15. The van der Waals surface area contributed by atoms with E-state index in [1.807, 2.05) is 31.2 Å². The van der Waals surface area contributed by atoms with Crippen LogP contribution in [0.5, 0.6) is 5.75 Å². The Morgan fingerprint density at radius 2 is 1.83 bits per heavy atom. The zero-order valence-corrected chi connectivity index (χ0v) is 13.4. The number of benzene rings is 2. The Morgan fingerprint density at radius 1 is 1.12 bits per heavy atom. The highest BCUT2D eigenvalue weighted by molar-refractivity contribution is 5.94. The summed E-state index contributed by atoms with van der Waals surface area (Å²) in [5.74, 6) is 0.816. The second kappa shape index (κ2) is 6.95. The van der Waals surface area contributed by atoms with Crippen molar-refractivity contribution in [2.45, 2.75) is 20.0 Å². The van der Waals surface area contributed by atoms with E-state index in [4.69, 9.17) is 9.15 Å². The van der Waals surface area contributed by atoms with Crippen LogP contribution in [0, 0.1) is 6.92 Å². The molecular weight excluding hydrogens is 306 g/mol. The fraction of sp³-hybridized carbons (Fsp3) is 0.167. The summed E-state index contributed by atoms with van der Waals surface area (Å²) in [6.07, 6.45) is 0.651. The van der Waals surface area contributed by atoms with Gasteiger partial charge in [-0.25, -0.2) is 0 Å². The molecule has 1 amide bonds. The van der Waals surface area contributed by atoms with Gasteiger partial charge in [0.1, 0.15) is 5.75 Å². The van der Waals surface area contributed by atoms with Gasteiger partial charge in [0, 0.05) is 11.3 Å². The first-order valence-corrected chi connectivity index (χ1v) is 7.52. The van der Waals surface area contributed by atoms with Gasteiger partial charge in [-0.2, -0.15) is 0 Å². The smallest absolute Gasteiger partial charge is 0.265 e. The Balaban J connectivity index is 1.60. The van der Waals surface area contributed by atoms with Crippen molar-refractivity contribution in [3.63, 3.8) is 0 Å². The van der Waals surface area contributed by atoms with Gasteiger partial charge in [0.05, 0.1) is 0 Å². The molecule has 0 aliphatic rings. The van der Waals surface area contributed by atoms with Crippen LogP contribution in [0.25, 0.3) is 11.5 Å². The van der Waals surface area contributed by atoms with E-state index in [0.29, 0.717) is 11.6 Å². The second-order valence-electron chi connectivity index (χ2n) is 5.38. The molecule has 0 saturated carbocycles. The van der Waals surface area contributed by atoms with Gasteiger partial charge in [-0.15, -0.1) is 10.2 Å². The molecule has 0 saturated heterocycles. The van der Waals surface area contributed by atoms with Gasteiger partial charge in [-0.05, 0) is 50.2 Å². The summed E-state index contributed by atoms with van der Waals surface area (Å²) in [5.41, 5.74) is 2.67. The zero-order chi connectivity index (χ0) is 16.9. The van der Waals surface area contributed by atoms with E-state index < -0.39 is 6.10 Å². The molecular formula is C18H17N3O3. The molecule has 0 spiro atoms. The summed E-state index contributed by atoms with van der Waals surface area (Å²) in [5, 5.41) is 10.3. The molecule has 0 aliphatic heterocycles. The Bertz CT molecular complexity index is 797. The number of anilines is 1. The molecule has 0 unspecified atom stereocenters. The number of nitrogens with zero attached hydrogens (tertiary/aromatic N) is 2. The molecule has 2 aromatic carbocycles. The molecule has 0 bridgehead atoms. The van der Waals surface area contributed by atoms with Crippen molar-refractivity contribution in [1.82, 2.24) is 10.2 Å². The van der Waals surface area contributed by atoms with Crippen LogP contribution in [0.2, 0.25) is 0 Å². The Hall–Kier alpha value is -3.15. The monoisotopic (exact) mass is 323 g/mol. The third kappa shape index (κ3) is 3.78. The van der Waals surface area contributed by atoms with Crippen molar-refractivity contribution < 1.29 is 13.9 Å². The molecule has 1 heterocycles. The molecule has 0 radical (unpaired) electrons. The topological polar surface area (TPSA) is 77.2 Å². The van der Waals surface area contributed by atoms with Crippen LogP contribution >= 0.6 is 0 Å². The lowest BCUT2D eigenvalue weighted by molar-refractivity contribution is -0.122. The van der Waals surface area contributed by atoms with Crippen LogP contribution in [0.15, 0.2) is 59.3 Å². The molecule has 24 heavy (non-hydrogen) atoms. The normalized spacial score (nSPS) is 11.8. The molecule has 0 fully saturated rings. The van der Waals surface area contributed by atoms with E-state index in [2.05, 4.69) is 15.5 Å². The standard InChI is InChI=1S/C18H17N3O3/c1-12-3-7-15(8-4-12)20-17(22)13(2)24-16-9-5-14(6-10-16)18-21-19-11-23-18/h3-11,13H,1-2H3,(H,20,22)/t13-/m1/s1. The Kier molecular flexibility index (Phi) is 4.56. The Labute approximate surface area is 139 Å². The minimum absolute atomic E-state index is 0.208. The predicted molar refractivity (Wildman–Crippen MR) is 89.6 cm³/mol. The fourth-order valence-corrected chi connectivity index (χ4v) is 2.11. The number of hydrogen-bond donors (Lipinski definition) is 1. The van der Waals surface area contributed by atoms with E-state index in [1.54, 1.807) is 31.2 Å². The number of nitrogens with one attached hydrogen (secondary N) is 1. The van der Waals surface area contributed by atoms with Crippen molar-refractivity contribution in [2.75, 3.05) is 5.32 Å². The first-order chi connectivity index (χ1) is 11.6. The molecule has 3 aromatic rings. The molecule has 3 rings (SSSR count). The van der Waals surface area contributed by atoms with Gasteiger partial charge >= 0.3 is 0 Å².